The molecule has 0 aliphatic carbocycles. The predicted octanol–water partition coefficient (Wildman–Crippen LogP) is 5.63. The maximum absolute atomic E-state index is 12.6. The summed E-state index contributed by atoms with van der Waals surface area (Å²) in [6.45, 7) is 0. The van der Waals surface area contributed by atoms with Crippen LogP contribution >= 0.6 is 69.6 Å². The van der Waals surface area contributed by atoms with Gasteiger partial charge in [-0.25, -0.2) is 19.2 Å². The number of esters is 4. The smallest absolute Gasteiger partial charge is 0.346 e. The van der Waals surface area contributed by atoms with Gasteiger partial charge in [0.15, 0.2) is 0 Å². The van der Waals surface area contributed by atoms with Crippen LogP contribution in [-0.2, 0) is 17.1 Å². The molecule has 0 saturated carbocycles. The molecule has 0 atom stereocenters. The topological polar surface area (TPSA) is 86.7 Å². The zero-order chi connectivity index (χ0) is 22.2. The first-order valence-corrected chi connectivity index (χ1v) is 10.1. The Hall–Kier alpha value is -1.54. The predicted molar refractivity (Wildman–Crippen MR) is 110 cm³/mol. The second-order valence-electron chi connectivity index (χ2n) is 6.24. The van der Waals surface area contributed by atoms with E-state index in [2.05, 4.69) is 0 Å². The van der Waals surface area contributed by atoms with Gasteiger partial charge in [-0.3, -0.25) is 0 Å². The number of cyclic esters (lactones) is 2. The number of halogens is 6. The van der Waals surface area contributed by atoms with E-state index in [9.17, 15) is 19.2 Å². The molecule has 0 amide bonds. The number of fused-ring (bicyclic) bond motifs is 5. The molecule has 4 bridgehead atoms. The van der Waals surface area contributed by atoms with Crippen LogP contribution in [0.3, 0.4) is 0 Å². The van der Waals surface area contributed by atoms with Gasteiger partial charge in [0.1, 0.15) is 0 Å². The van der Waals surface area contributed by atoms with E-state index >= 15 is 0 Å². The summed E-state index contributed by atoms with van der Waals surface area (Å²) in [4.78, 5) is 50.4. The minimum Gasteiger partial charge on any atom is -0.386 e. The Labute approximate surface area is 197 Å². The molecule has 2 aromatic carbocycles. The van der Waals surface area contributed by atoms with Crippen molar-refractivity contribution in [3.63, 3.8) is 0 Å². The molecule has 2 aromatic rings. The van der Waals surface area contributed by atoms with E-state index in [0.717, 1.165) is 24.3 Å². The van der Waals surface area contributed by atoms with Gasteiger partial charge in [0.2, 0.25) is 7.59 Å². The van der Waals surface area contributed by atoms with Crippen molar-refractivity contribution in [1.82, 2.24) is 0 Å². The Morgan fingerprint density at radius 2 is 0.733 bits per heavy atom. The van der Waals surface area contributed by atoms with Crippen LogP contribution in [0.5, 0.6) is 0 Å². The molecule has 6 nitrogen and oxygen atoms in total. The zero-order valence-corrected chi connectivity index (χ0v) is 18.6. The Bertz CT molecular complexity index is 1100. The summed E-state index contributed by atoms with van der Waals surface area (Å²) < 4.78 is 5.42. The van der Waals surface area contributed by atoms with Crippen LogP contribution in [0.4, 0.5) is 0 Å². The largest absolute Gasteiger partial charge is 0.386 e. The first kappa shape index (κ1) is 21.7. The normalized spacial score (nSPS) is 15.8. The number of benzene rings is 2. The van der Waals surface area contributed by atoms with Gasteiger partial charge >= 0.3 is 23.9 Å². The molecule has 2 aliphatic heterocycles. The number of carbonyl (C=O) groups excluding carboxylic acids is 4. The van der Waals surface area contributed by atoms with E-state index in [1.54, 1.807) is 0 Å². The number of hydrogen-bond acceptors (Lipinski definition) is 6. The highest BCUT2D eigenvalue weighted by Crippen LogP contribution is 2.50. The molecule has 0 aromatic heterocycles. The van der Waals surface area contributed by atoms with Crippen LogP contribution in [-0.4, -0.2) is 23.9 Å². The zero-order valence-electron chi connectivity index (χ0n) is 14.0. The quantitative estimate of drug-likeness (QED) is 0.250. The molecule has 0 radical (unpaired) electrons. The molecule has 0 N–H and O–H groups in total. The third-order valence-electron chi connectivity index (χ3n) is 4.47. The minimum absolute atomic E-state index is 0.0664. The van der Waals surface area contributed by atoms with Gasteiger partial charge in [-0.2, -0.15) is 0 Å². The number of carbonyl (C=O) groups is 4. The van der Waals surface area contributed by atoms with Crippen molar-refractivity contribution in [2.24, 2.45) is 0 Å². The van der Waals surface area contributed by atoms with Crippen molar-refractivity contribution in [2.45, 2.75) is 7.59 Å². The molecule has 2 heterocycles. The first-order valence-electron chi connectivity index (χ1n) is 7.83. The molecule has 0 fully saturated rings. The Morgan fingerprint density at radius 3 is 1.00 bits per heavy atom. The average molecular weight is 529 g/mol. The van der Waals surface area contributed by atoms with E-state index in [0.29, 0.717) is 0 Å². The maximum Gasteiger partial charge on any atom is 0.346 e. The van der Waals surface area contributed by atoms with E-state index < -0.39 is 53.7 Å². The van der Waals surface area contributed by atoms with Gasteiger partial charge in [0, 0.05) is 11.1 Å². The number of ether oxygens (including phenoxy) is 2. The fourth-order valence-corrected chi connectivity index (χ4v) is 4.12. The van der Waals surface area contributed by atoms with Crippen LogP contribution in [0.1, 0.15) is 52.6 Å². The van der Waals surface area contributed by atoms with Crippen molar-refractivity contribution in [2.75, 3.05) is 0 Å². The van der Waals surface area contributed by atoms with Gasteiger partial charge in [-0.05, 0) is 35.4 Å². The fraction of sp³-hybridized carbons (Fsp3) is 0.111. The Morgan fingerprint density at radius 1 is 0.467 bits per heavy atom. The fourth-order valence-electron chi connectivity index (χ4n) is 3.18. The lowest BCUT2D eigenvalue weighted by Gasteiger charge is -2.22. The summed E-state index contributed by atoms with van der Waals surface area (Å²) in [5.74, 6) is -4.81. The summed E-state index contributed by atoms with van der Waals surface area (Å²) in [5.41, 5.74) is -1.76. The van der Waals surface area contributed by atoms with Crippen molar-refractivity contribution in [1.29, 1.82) is 0 Å². The van der Waals surface area contributed by atoms with Gasteiger partial charge < -0.3 is 9.47 Å². The second-order valence-corrected chi connectivity index (χ2v) is 10.8. The lowest BCUT2D eigenvalue weighted by Crippen LogP contribution is -2.24. The number of alkyl halides is 6. The monoisotopic (exact) mass is 526 g/mol. The molecule has 0 saturated heterocycles. The first-order chi connectivity index (χ1) is 13.8. The third-order valence-corrected chi connectivity index (χ3v) is 5.69. The highest BCUT2D eigenvalue weighted by atomic mass is 35.6. The summed E-state index contributed by atoms with van der Waals surface area (Å²) in [6, 6.07) is 4.38. The highest BCUT2D eigenvalue weighted by Gasteiger charge is 2.40. The van der Waals surface area contributed by atoms with Gasteiger partial charge in [-0.15, -0.1) is 0 Å². The summed E-state index contributed by atoms with van der Waals surface area (Å²) >= 11 is 36.5. The summed E-state index contributed by atoms with van der Waals surface area (Å²) in [6.07, 6.45) is 0. The lowest BCUT2D eigenvalue weighted by atomic mass is 9.90. The minimum atomic E-state index is -2.12. The third kappa shape index (κ3) is 3.45. The molecular weight excluding hydrogens is 525 g/mol. The lowest BCUT2D eigenvalue weighted by molar-refractivity contribution is 0.0334. The summed E-state index contributed by atoms with van der Waals surface area (Å²) in [5, 5.41) is 0. The molecule has 0 spiro atoms. The average Bonchev–Trinajstić information content (AvgIpc) is 2.65. The number of rotatable bonds is 0. The standard InChI is InChI=1S/C18H4Cl6O6/c19-17(20,21)11-3-9-7-1-5(11)6-2-8(14(26)29-13(7)25)10(16(28)30-15(9)27)4-12(6)18(22,23)24/h1-4H. The molecule has 4 rings (SSSR count). The van der Waals surface area contributed by atoms with E-state index in [1.165, 1.54) is 0 Å². The molecule has 154 valence electrons. The molecule has 30 heavy (non-hydrogen) atoms. The van der Waals surface area contributed by atoms with Crippen LogP contribution in [0, 0.1) is 0 Å². The van der Waals surface area contributed by atoms with Crippen LogP contribution in [0.2, 0.25) is 0 Å². The van der Waals surface area contributed by atoms with E-state index in [1.807, 2.05) is 0 Å². The van der Waals surface area contributed by atoms with E-state index in [4.69, 9.17) is 79.1 Å². The second kappa shape index (κ2) is 6.99. The van der Waals surface area contributed by atoms with Crippen LogP contribution in [0.25, 0.3) is 11.1 Å². The SMILES string of the molecule is O=C1OC(=O)c2cc3c(C(Cl)(Cl)Cl)cc2C(=O)OC(=O)c2cc(C(Cl)(Cl)Cl)c-3cc21. The maximum atomic E-state index is 12.6. The highest BCUT2D eigenvalue weighted by molar-refractivity contribution is 6.68. The van der Waals surface area contributed by atoms with Crippen molar-refractivity contribution < 1.29 is 28.7 Å². The van der Waals surface area contributed by atoms with Crippen molar-refractivity contribution in [3.8, 4) is 11.1 Å². The molecule has 2 aliphatic rings. The Balaban J connectivity index is 2.30. The van der Waals surface area contributed by atoms with Crippen molar-refractivity contribution in [3.05, 3.63) is 57.6 Å². The molecule has 12 heteroatoms. The van der Waals surface area contributed by atoms with Crippen LogP contribution in [0.15, 0.2) is 24.3 Å². The molecule has 0 unspecified atom stereocenters. The molecular formula is C18H4Cl6O6. The number of hydrogen-bond donors (Lipinski definition) is 0. The van der Waals surface area contributed by atoms with Gasteiger partial charge in [-0.1, -0.05) is 69.6 Å². The van der Waals surface area contributed by atoms with E-state index in [-0.39, 0.29) is 22.3 Å². The van der Waals surface area contributed by atoms with Gasteiger partial charge in [0.05, 0.1) is 22.3 Å². The van der Waals surface area contributed by atoms with Crippen LogP contribution < -0.4 is 0 Å². The Kier molecular flexibility index (Phi) is 5.05. The van der Waals surface area contributed by atoms with Gasteiger partial charge in [0.25, 0.3) is 0 Å². The summed E-state index contributed by atoms with van der Waals surface area (Å²) in [7, 11) is 0. The van der Waals surface area contributed by atoms with Crippen molar-refractivity contribution >= 4 is 93.5 Å².